The summed E-state index contributed by atoms with van der Waals surface area (Å²) in [6, 6.07) is 0. The molecule has 0 rings (SSSR count). The maximum absolute atomic E-state index is 10.0. The smallest absolute Gasteiger partial charge is 0.189 e. The molecule has 0 saturated heterocycles. The van der Waals surface area contributed by atoms with Crippen LogP contribution in [-0.2, 0) is 37.5 Å². The van der Waals surface area contributed by atoms with Gasteiger partial charge in [0, 0.05) is 39.8 Å². The Morgan fingerprint density at radius 1 is 1.86 bits per heavy atom. The molecule has 0 spiro atoms. The predicted molar refractivity (Wildman–Crippen MR) is 24.0 cm³/mol. The van der Waals surface area contributed by atoms with Crippen molar-refractivity contribution in [3.8, 4) is 0 Å². The van der Waals surface area contributed by atoms with Crippen LogP contribution in [0.15, 0.2) is 0 Å². The monoisotopic (exact) mass is 175 g/mol. The van der Waals surface area contributed by atoms with E-state index in [0.29, 0.717) is 6.42 Å². The molecule has 1 N–H and O–H groups in total. The molecule has 0 fully saturated rings. The van der Waals surface area contributed by atoms with E-state index in [-0.39, 0.29) is 38.6 Å². The predicted octanol–water partition coefficient (Wildman–Crippen LogP) is -0.0459. The first-order valence-corrected chi connectivity index (χ1v) is 1.81. The second kappa shape index (κ2) is 6.57. The third kappa shape index (κ3) is 6.57. The summed E-state index contributed by atoms with van der Waals surface area (Å²) in [5.74, 6) is -0.0185. The molecule has 0 aromatic heterocycles. The van der Waals surface area contributed by atoms with Crippen molar-refractivity contribution in [1.29, 1.82) is 0 Å². The SMILES string of the molecule is [CH2-]CC(=O)NC.[Y]. The van der Waals surface area contributed by atoms with Gasteiger partial charge in [0.1, 0.15) is 0 Å². The molecule has 0 aromatic carbocycles. The Morgan fingerprint density at radius 3 is 2.29 bits per heavy atom. The summed E-state index contributed by atoms with van der Waals surface area (Å²) in [5, 5.41) is 2.41. The van der Waals surface area contributed by atoms with E-state index in [1.54, 1.807) is 7.05 Å². The minimum atomic E-state index is -0.0185. The summed E-state index contributed by atoms with van der Waals surface area (Å²) in [7, 11) is 1.59. The molecule has 0 aliphatic heterocycles. The Bertz CT molecular complexity index is 49.7. The molecule has 0 aliphatic carbocycles. The molecule has 1 radical (unpaired) electrons. The molecule has 39 valence electrons. The van der Waals surface area contributed by atoms with Crippen LogP contribution in [-0.4, -0.2) is 13.0 Å². The molecular formula is C4H8NOY-. The first kappa shape index (κ1) is 10.5. The normalized spacial score (nSPS) is 6.57. The standard InChI is InChI=1S/C4H8NO.Y/c1-3-4(6)5-2;/h1,3H2,2H3,(H,5,6);/q-1;. The van der Waals surface area contributed by atoms with E-state index >= 15 is 0 Å². The number of rotatable bonds is 1. The van der Waals surface area contributed by atoms with Crippen molar-refractivity contribution in [2.24, 2.45) is 0 Å². The van der Waals surface area contributed by atoms with Crippen LogP contribution in [0.2, 0.25) is 0 Å². The summed E-state index contributed by atoms with van der Waals surface area (Å²) in [6.45, 7) is 3.34. The van der Waals surface area contributed by atoms with Crippen LogP contribution in [0.1, 0.15) is 6.42 Å². The van der Waals surface area contributed by atoms with Gasteiger partial charge in [-0.2, -0.15) is 0 Å². The second-order valence-corrected chi connectivity index (χ2v) is 0.923. The molecule has 0 unspecified atom stereocenters. The van der Waals surface area contributed by atoms with Crippen LogP contribution >= 0.6 is 0 Å². The summed E-state index contributed by atoms with van der Waals surface area (Å²) >= 11 is 0. The Morgan fingerprint density at radius 2 is 2.29 bits per heavy atom. The summed E-state index contributed by atoms with van der Waals surface area (Å²) in [4.78, 5) is 10.0. The fourth-order valence-electron chi connectivity index (χ4n) is 0.125. The Hall–Kier alpha value is 0.574. The van der Waals surface area contributed by atoms with Gasteiger partial charge in [0.2, 0.25) is 0 Å². The van der Waals surface area contributed by atoms with Crippen molar-refractivity contribution in [1.82, 2.24) is 5.32 Å². The molecular weight excluding hydrogens is 167 g/mol. The molecule has 0 aromatic rings. The minimum absolute atomic E-state index is 0. The van der Waals surface area contributed by atoms with Gasteiger partial charge >= 0.3 is 0 Å². The van der Waals surface area contributed by atoms with Gasteiger partial charge in [-0.15, -0.1) is 6.42 Å². The summed E-state index contributed by atoms with van der Waals surface area (Å²) in [6.07, 6.45) is 0.330. The van der Waals surface area contributed by atoms with Crippen LogP contribution in [0.4, 0.5) is 0 Å². The largest absolute Gasteiger partial charge is 0.361 e. The zero-order valence-electron chi connectivity index (χ0n) is 4.40. The maximum Gasteiger partial charge on any atom is 0.189 e. The van der Waals surface area contributed by atoms with E-state index in [2.05, 4.69) is 12.2 Å². The average molecular weight is 175 g/mol. The van der Waals surface area contributed by atoms with E-state index in [9.17, 15) is 4.79 Å². The molecule has 0 bridgehead atoms. The first-order valence-electron chi connectivity index (χ1n) is 1.81. The van der Waals surface area contributed by atoms with E-state index < -0.39 is 0 Å². The van der Waals surface area contributed by atoms with Crippen molar-refractivity contribution in [2.45, 2.75) is 6.42 Å². The van der Waals surface area contributed by atoms with E-state index in [1.807, 2.05) is 0 Å². The van der Waals surface area contributed by atoms with Gasteiger partial charge in [-0.1, -0.05) is 0 Å². The molecule has 0 aliphatic rings. The minimum Gasteiger partial charge on any atom is -0.361 e. The maximum atomic E-state index is 10.0. The van der Waals surface area contributed by atoms with Crippen LogP contribution in [0.25, 0.3) is 0 Å². The quantitative estimate of drug-likeness (QED) is 0.556. The Kier molecular flexibility index (Phi) is 9.89. The molecule has 0 heterocycles. The van der Waals surface area contributed by atoms with Gasteiger partial charge in [0.15, 0.2) is 5.91 Å². The molecule has 2 nitrogen and oxygen atoms in total. The van der Waals surface area contributed by atoms with Crippen LogP contribution in [0.5, 0.6) is 0 Å². The van der Waals surface area contributed by atoms with E-state index in [1.165, 1.54) is 0 Å². The summed E-state index contributed by atoms with van der Waals surface area (Å²) in [5.41, 5.74) is 0. The number of hydrogen-bond donors (Lipinski definition) is 1. The van der Waals surface area contributed by atoms with Gasteiger partial charge in [-0.25, -0.2) is 0 Å². The van der Waals surface area contributed by atoms with Gasteiger partial charge in [-0.3, -0.25) is 4.79 Å². The van der Waals surface area contributed by atoms with Crippen molar-refractivity contribution in [3.05, 3.63) is 6.92 Å². The Labute approximate surface area is 68.9 Å². The van der Waals surface area contributed by atoms with Crippen LogP contribution in [0.3, 0.4) is 0 Å². The summed E-state index contributed by atoms with van der Waals surface area (Å²) < 4.78 is 0. The Balaban J connectivity index is 0. The van der Waals surface area contributed by atoms with E-state index in [4.69, 9.17) is 0 Å². The fraction of sp³-hybridized carbons (Fsp3) is 0.500. The number of carbonyl (C=O) groups is 1. The van der Waals surface area contributed by atoms with Crippen molar-refractivity contribution >= 4 is 5.91 Å². The topological polar surface area (TPSA) is 29.1 Å². The number of amides is 1. The molecule has 1 amide bonds. The fourth-order valence-corrected chi connectivity index (χ4v) is 0.125. The molecule has 3 heteroatoms. The van der Waals surface area contributed by atoms with E-state index in [0.717, 1.165) is 0 Å². The molecule has 7 heavy (non-hydrogen) atoms. The van der Waals surface area contributed by atoms with Gasteiger partial charge in [0.05, 0.1) is 0 Å². The molecule has 0 atom stereocenters. The first-order chi connectivity index (χ1) is 2.81. The zero-order chi connectivity index (χ0) is 4.99. The van der Waals surface area contributed by atoms with Crippen LogP contribution < -0.4 is 5.32 Å². The second-order valence-electron chi connectivity index (χ2n) is 0.923. The molecule has 0 saturated carbocycles. The third-order valence-corrected chi connectivity index (χ3v) is 0.506. The van der Waals surface area contributed by atoms with Gasteiger partial charge in [-0.05, 0) is 0 Å². The van der Waals surface area contributed by atoms with Gasteiger partial charge < -0.3 is 12.2 Å². The van der Waals surface area contributed by atoms with Crippen molar-refractivity contribution in [3.63, 3.8) is 0 Å². The number of carbonyl (C=O) groups excluding carboxylic acids is 1. The average Bonchev–Trinajstić information content (AvgIpc) is 1.65. The van der Waals surface area contributed by atoms with Gasteiger partial charge in [0.25, 0.3) is 0 Å². The van der Waals surface area contributed by atoms with Crippen molar-refractivity contribution in [2.75, 3.05) is 7.05 Å². The zero-order valence-corrected chi connectivity index (χ0v) is 7.24. The van der Waals surface area contributed by atoms with Crippen LogP contribution in [0, 0.1) is 6.92 Å². The third-order valence-electron chi connectivity index (χ3n) is 0.506. The number of nitrogens with one attached hydrogen (secondary N) is 1. The van der Waals surface area contributed by atoms with Crippen molar-refractivity contribution < 1.29 is 37.5 Å². The number of hydrogen-bond acceptors (Lipinski definition) is 1.